The third kappa shape index (κ3) is 3.21. The first-order valence-corrected chi connectivity index (χ1v) is 4.42. The van der Waals surface area contributed by atoms with Crippen molar-refractivity contribution in [3.8, 4) is 6.07 Å². The molecule has 1 rings (SSSR count). The average Bonchev–Trinajstić information content (AvgIpc) is 2.70. The minimum atomic E-state index is -0.691. The topological polar surface area (TPSA) is 53.0 Å². The SMILES string of the molecule is CN(CC1CC1)CC(C)(N)C#N. The van der Waals surface area contributed by atoms with Crippen LogP contribution in [0.1, 0.15) is 19.8 Å². The van der Waals surface area contributed by atoms with Gasteiger partial charge in [0.2, 0.25) is 0 Å². The summed E-state index contributed by atoms with van der Waals surface area (Å²) in [5.41, 5.74) is 5.02. The molecule has 1 aliphatic carbocycles. The van der Waals surface area contributed by atoms with Crippen LogP contribution in [-0.2, 0) is 0 Å². The van der Waals surface area contributed by atoms with E-state index in [1.807, 2.05) is 7.05 Å². The molecule has 0 radical (unpaired) electrons. The highest BCUT2D eigenvalue weighted by Crippen LogP contribution is 2.29. The van der Waals surface area contributed by atoms with E-state index in [1.54, 1.807) is 6.92 Å². The summed E-state index contributed by atoms with van der Waals surface area (Å²) in [6.07, 6.45) is 2.69. The number of rotatable bonds is 4. The zero-order chi connectivity index (χ0) is 9.19. The summed E-state index contributed by atoms with van der Waals surface area (Å²) in [5, 5.41) is 8.69. The zero-order valence-electron chi connectivity index (χ0n) is 7.88. The first-order valence-electron chi connectivity index (χ1n) is 4.42. The van der Waals surface area contributed by atoms with Gasteiger partial charge in [0.15, 0.2) is 0 Å². The number of nitriles is 1. The molecule has 0 heterocycles. The van der Waals surface area contributed by atoms with Crippen molar-refractivity contribution in [1.29, 1.82) is 5.26 Å². The van der Waals surface area contributed by atoms with E-state index in [-0.39, 0.29) is 0 Å². The van der Waals surface area contributed by atoms with E-state index in [4.69, 9.17) is 11.0 Å². The number of nitrogens with two attached hydrogens (primary N) is 1. The van der Waals surface area contributed by atoms with Gasteiger partial charge in [-0.3, -0.25) is 0 Å². The van der Waals surface area contributed by atoms with Gasteiger partial charge in [-0.1, -0.05) is 0 Å². The van der Waals surface area contributed by atoms with Gasteiger partial charge in [-0.2, -0.15) is 5.26 Å². The second kappa shape index (κ2) is 3.42. The second-order valence-electron chi connectivity index (χ2n) is 4.17. The average molecular weight is 167 g/mol. The van der Waals surface area contributed by atoms with Crippen LogP contribution in [0.15, 0.2) is 0 Å². The van der Waals surface area contributed by atoms with E-state index >= 15 is 0 Å². The molecule has 0 aromatic rings. The third-order valence-electron chi connectivity index (χ3n) is 2.12. The molecule has 2 N–H and O–H groups in total. The maximum absolute atomic E-state index is 8.69. The van der Waals surface area contributed by atoms with Gasteiger partial charge in [-0.05, 0) is 32.7 Å². The van der Waals surface area contributed by atoms with Crippen molar-refractivity contribution in [2.45, 2.75) is 25.3 Å². The van der Waals surface area contributed by atoms with E-state index in [2.05, 4.69) is 11.0 Å². The summed E-state index contributed by atoms with van der Waals surface area (Å²) in [6.45, 7) is 3.53. The molecule has 12 heavy (non-hydrogen) atoms. The fourth-order valence-electron chi connectivity index (χ4n) is 1.40. The summed E-state index contributed by atoms with van der Waals surface area (Å²) >= 11 is 0. The Morgan fingerprint density at radius 3 is 2.67 bits per heavy atom. The summed E-state index contributed by atoms with van der Waals surface area (Å²) in [4.78, 5) is 2.15. The first-order chi connectivity index (χ1) is 5.53. The molecule has 0 amide bonds. The fourth-order valence-corrected chi connectivity index (χ4v) is 1.40. The van der Waals surface area contributed by atoms with Crippen LogP contribution in [0, 0.1) is 17.2 Å². The smallest absolute Gasteiger partial charge is 0.114 e. The summed E-state index contributed by atoms with van der Waals surface area (Å²) < 4.78 is 0. The van der Waals surface area contributed by atoms with Crippen LogP contribution in [0.25, 0.3) is 0 Å². The van der Waals surface area contributed by atoms with Crippen molar-refractivity contribution < 1.29 is 0 Å². The molecule has 0 bridgehead atoms. The monoisotopic (exact) mass is 167 g/mol. The molecular weight excluding hydrogens is 150 g/mol. The Morgan fingerprint density at radius 2 is 2.25 bits per heavy atom. The van der Waals surface area contributed by atoms with Crippen LogP contribution < -0.4 is 5.73 Å². The van der Waals surface area contributed by atoms with Gasteiger partial charge < -0.3 is 10.6 Å². The lowest BCUT2D eigenvalue weighted by Crippen LogP contribution is -2.45. The predicted molar refractivity (Wildman–Crippen MR) is 48.4 cm³/mol. The normalized spacial score (nSPS) is 21.9. The molecule has 68 valence electrons. The van der Waals surface area contributed by atoms with Crippen LogP contribution in [0.2, 0.25) is 0 Å². The van der Waals surface area contributed by atoms with Crippen molar-refractivity contribution in [1.82, 2.24) is 4.90 Å². The number of hydrogen-bond acceptors (Lipinski definition) is 3. The lowest BCUT2D eigenvalue weighted by Gasteiger charge is -2.23. The Kier molecular flexibility index (Phi) is 2.71. The van der Waals surface area contributed by atoms with E-state index in [9.17, 15) is 0 Å². The minimum Gasteiger partial charge on any atom is -0.313 e. The van der Waals surface area contributed by atoms with Crippen molar-refractivity contribution >= 4 is 0 Å². The highest BCUT2D eigenvalue weighted by molar-refractivity contribution is 5.02. The highest BCUT2D eigenvalue weighted by atomic mass is 15.1. The maximum atomic E-state index is 8.69. The van der Waals surface area contributed by atoms with Gasteiger partial charge >= 0.3 is 0 Å². The minimum absolute atomic E-state index is 0.667. The first kappa shape index (κ1) is 9.50. The van der Waals surface area contributed by atoms with Gasteiger partial charge in [0.25, 0.3) is 0 Å². The quantitative estimate of drug-likeness (QED) is 0.666. The fraction of sp³-hybridized carbons (Fsp3) is 0.889. The lowest BCUT2D eigenvalue weighted by atomic mass is 10.1. The summed E-state index contributed by atoms with van der Waals surface area (Å²) in [5.74, 6) is 0.865. The Labute approximate surface area is 74.1 Å². The van der Waals surface area contributed by atoms with Gasteiger partial charge in [0.1, 0.15) is 5.54 Å². The van der Waals surface area contributed by atoms with E-state index < -0.39 is 5.54 Å². The standard InChI is InChI=1S/C9H17N3/c1-9(11,6-10)7-12(2)5-8-3-4-8/h8H,3-5,7,11H2,1-2H3. The molecule has 0 aromatic heterocycles. The molecule has 3 heteroatoms. The van der Waals surface area contributed by atoms with E-state index in [1.165, 1.54) is 12.8 Å². The molecule has 1 atom stereocenters. The van der Waals surface area contributed by atoms with Gasteiger partial charge in [-0.25, -0.2) is 0 Å². The lowest BCUT2D eigenvalue weighted by molar-refractivity contribution is 0.279. The molecule has 3 nitrogen and oxygen atoms in total. The van der Waals surface area contributed by atoms with Crippen molar-refractivity contribution in [2.24, 2.45) is 11.7 Å². The third-order valence-corrected chi connectivity index (χ3v) is 2.12. The van der Waals surface area contributed by atoms with E-state index in [0.29, 0.717) is 6.54 Å². The number of nitrogens with zero attached hydrogens (tertiary/aromatic N) is 2. The van der Waals surface area contributed by atoms with Crippen LogP contribution in [0.4, 0.5) is 0 Å². The molecule has 0 aliphatic heterocycles. The molecular formula is C9H17N3. The number of hydrogen-bond donors (Lipinski definition) is 1. The molecule has 0 spiro atoms. The van der Waals surface area contributed by atoms with Crippen LogP contribution in [0.3, 0.4) is 0 Å². The summed E-state index contributed by atoms with van der Waals surface area (Å²) in [7, 11) is 2.03. The van der Waals surface area contributed by atoms with Gasteiger partial charge in [-0.15, -0.1) is 0 Å². The second-order valence-corrected chi connectivity index (χ2v) is 4.17. The molecule has 1 saturated carbocycles. The molecule has 0 saturated heterocycles. The summed E-state index contributed by atoms with van der Waals surface area (Å²) in [6, 6.07) is 2.10. The maximum Gasteiger partial charge on any atom is 0.114 e. The van der Waals surface area contributed by atoms with E-state index in [0.717, 1.165) is 12.5 Å². The van der Waals surface area contributed by atoms with Crippen molar-refractivity contribution in [3.63, 3.8) is 0 Å². The molecule has 0 aromatic carbocycles. The van der Waals surface area contributed by atoms with Crippen molar-refractivity contribution in [3.05, 3.63) is 0 Å². The van der Waals surface area contributed by atoms with Crippen LogP contribution >= 0.6 is 0 Å². The largest absolute Gasteiger partial charge is 0.313 e. The molecule has 1 fully saturated rings. The Hall–Kier alpha value is -0.590. The molecule has 1 unspecified atom stereocenters. The number of likely N-dealkylation sites (N-methyl/N-ethyl adjacent to an activating group) is 1. The highest BCUT2D eigenvalue weighted by Gasteiger charge is 2.26. The van der Waals surface area contributed by atoms with Gasteiger partial charge in [0.05, 0.1) is 6.07 Å². The van der Waals surface area contributed by atoms with Crippen LogP contribution in [0.5, 0.6) is 0 Å². The molecule has 1 aliphatic rings. The predicted octanol–water partition coefficient (Wildman–Crippen LogP) is 0.569. The zero-order valence-corrected chi connectivity index (χ0v) is 7.88. The van der Waals surface area contributed by atoms with Gasteiger partial charge in [0, 0.05) is 13.1 Å². The van der Waals surface area contributed by atoms with Crippen LogP contribution in [-0.4, -0.2) is 30.6 Å². The van der Waals surface area contributed by atoms with Crippen molar-refractivity contribution in [2.75, 3.05) is 20.1 Å². The Bertz CT molecular complexity index is 188. The Balaban J connectivity index is 2.24. The Morgan fingerprint density at radius 1 is 1.67 bits per heavy atom.